The Morgan fingerprint density at radius 1 is 1.36 bits per heavy atom. The predicted molar refractivity (Wildman–Crippen MR) is 44.3 cm³/mol. The van der Waals surface area contributed by atoms with Gasteiger partial charge in [-0.2, -0.15) is 0 Å². The Bertz CT molecular complexity index is 130. The van der Waals surface area contributed by atoms with Crippen molar-refractivity contribution in [2.75, 3.05) is 13.2 Å². The molecule has 0 unspecified atom stereocenters. The van der Waals surface area contributed by atoms with Crippen LogP contribution >= 0.6 is 0 Å². The van der Waals surface area contributed by atoms with Crippen LogP contribution < -0.4 is 5.32 Å². The zero-order valence-corrected chi connectivity index (χ0v) is 7.23. The first-order chi connectivity index (χ1) is 5.31. The molecule has 2 nitrogen and oxygen atoms in total. The maximum atomic E-state index is 5.72. The van der Waals surface area contributed by atoms with Gasteiger partial charge >= 0.3 is 0 Å². The van der Waals surface area contributed by atoms with Crippen LogP contribution in [0.3, 0.4) is 0 Å². The lowest BCUT2D eigenvalue weighted by Crippen LogP contribution is -2.43. The first kappa shape index (κ1) is 7.56. The van der Waals surface area contributed by atoms with Crippen LogP contribution in [0.1, 0.15) is 32.6 Å². The zero-order valence-electron chi connectivity index (χ0n) is 7.23. The minimum atomic E-state index is 0.104. The maximum absolute atomic E-state index is 5.72. The van der Waals surface area contributed by atoms with Crippen LogP contribution in [0.5, 0.6) is 0 Å². The molecule has 2 fully saturated rings. The van der Waals surface area contributed by atoms with Gasteiger partial charge in [0.15, 0.2) is 0 Å². The van der Waals surface area contributed by atoms with Gasteiger partial charge in [-0.15, -0.1) is 0 Å². The summed E-state index contributed by atoms with van der Waals surface area (Å²) >= 11 is 0. The summed E-state index contributed by atoms with van der Waals surface area (Å²) < 4.78 is 5.72. The average Bonchev–Trinajstić information content (AvgIpc) is 2.45. The van der Waals surface area contributed by atoms with Gasteiger partial charge in [-0.05, 0) is 31.6 Å². The summed E-state index contributed by atoms with van der Waals surface area (Å²) in [4.78, 5) is 0. The normalized spacial score (nSPS) is 45.0. The highest BCUT2D eigenvalue weighted by molar-refractivity contribution is 4.87. The van der Waals surface area contributed by atoms with E-state index in [1.54, 1.807) is 0 Å². The highest BCUT2D eigenvalue weighted by Crippen LogP contribution is 2.34. The average molecular weight is 155 g/mol. The van der Waals surface area contributed by atoms with Gasteiger partial charge < -0.3 is 4.74 Å². The molecule has 0 radical (unpaired) electrons. The Balaban J connectivity index is 1.94. The Hall–Kier alpha value is -0.0800. The molecule has 2 heteroatoms. The van der Waals surface area contributed by atoms with E-state index in [0.29, 0.717) is 0 Å². The Kier molecular flexibility index (Phi) is 1.90. The lowest BCUT2D eigenvalue weighted by molar-refractivity contribution is -0.0467. The number of ether oxygens (including phenoxy) is 1. The molecule has 0 amide bonds. The van der Waals surface area contributed by atoms with Crippen LogP contribution in [0.2, 0.25) is 0 Å². The van der Waals surface area contributed by atoms with Crippen molar-refractivity contribution in [2.45, 2.75) is 38.3 Å². The van der Waals surface area contributed by atoms with E-state index >= 15 is 0 Å². The fourth-order valence-electron chi connectivity index (χ4n) is 2.13. The van der Waals surface area contributed by atoms with Gasteiger partial charge in [-0.3, -0.25) is 5.32 Å². The molecule has 1 saturated carbocycles. The first-order valence-corrected chi connectivity index (χ1v) is 4.70. The van der Waals surface area contributed by atoms with Gasteiger partial charge in [-0.1, -0.05) is 6.92 Å². The fraction of sp³-hybridized carbons (Fsp3) is 1.00. The molecular weight excluding hydrogens is 138 g/mol. The number of hydrogen-bond acceptors (Lipinski definition) is 2. The third-order valence-electron chi connectivity index (χ3n) is 3.01. The van der Waals surface area contributed by atoms with Crippen LogP contribution in [-0.4, -0.2) is 18.9 Å². The molecule has 2 rings (SSSR count). The summed E-state index contributed by atoms with van der Waals surface area (Å²) in [5.74, 6) is 0.909. The van der Waals surface area contributed by atoms with Crippen molar-refractivity contribution in [3.05, 3.63) is 0 Å². The van der Waals surface area contributed by atoms with Crippen molar-refractivity contribution in [3.8, 4) is 0 Å². The van der Waals surface area contributed by atoms with Gasteiger partial charge in [-0.25, -0.2) is 0 Å². The lowest BCUT2D eigenvalue weighted by Gasteiger charge is -2.35. The van der Waals surface area contributed by atoms with Gasteiger partial charge in [0.05, 0.1) is 6.61 Å². The van der Waals surface area contributed by atoms with E-state index in [1.807, 2.05) is 0 Å². The fourth-order valence-corrected chi connectivity index (χ4v) is 2.13. The molecule has 0 bridgehead atoms. The quantitative estimate of drug-likeness (QED) is 0.572. The summed E-state index contributed by atoms with van der Waals surface area (Å²) in [5.41, 5.74) is 0.104. The van der Waals surface area contributed by atoms with Crippen LogP contribution in [0.15, 0.2) is 0 Å². The molecular formula is C9H17NO. The highest BCUT2D eigenvalue weighted by Gasteiger charge is 2.37. The van der Waals surface area contributed by atoms with E-state index in [2.05, 4.69) is 12.2 Å². The van der Waals surface area contributed by atoms with Crippen molar-refractivity contribution < 1.29 is 4.74 Å². The SMILES string of the molecule is CC1CCC2(CC1)NCCO2. The summed E-state index contributed by atoms with van der Waals surface area (Å²) in [7, 11) is 0. The van der Waals surface area contributed by atoms with Crippen molar-refractivity contribution in [1.29, 1.82) is 0 Å². The standard InChI is InChI=1S/C9H17NO/c1-8-2-4-9(5-3-8)10-6-7-11-9/h8,10H,2-7H2,1H3. The lowest BCUT2D eigenvalue weighted by atomic mass is 9.85. The minimum Gasteiger partial charge on any atom is -0.359 e. The first-order valence-electron chi connectivity index (χ1n) is 4.70. The van der Waals surface area contributed by atoms with Crippen LogP contribution in [0.4, 0.5) is 0 Å². The minimum absolute atomic E-state index is 0.104. The van der Waals surface area contributed by atoms with Crippen molar-refractivity contribution >= 4 is 0 Å². The molecule has 0 aromatic heterocycles. The Morgan fingerprint density at radius 2 is 2.09 bits per heavy atom. The van der Waals surface area contributed by atoms with E-state index in [9.17, 15) is 0 Å². The van der Waals surface area contributed by atoms with Gasteiger partial charge in [0.1, 0.15) is 5.72 Å². The highest BCUT2D eigenvalue weighted by atomic mass is 16.5. The van der Waals surface area contributed by atoms with Crippen molar-refractivity contribution in [2.24, 2.45) is 5.92 Å². The van der Waals surface area contributed by atoms with E-state index in [0.717, 1.165) is 19.1 Å². The number of hydrogen-bond donors (Lipinski definition) is 1. The van der Waals surface area contributed by atoms with Crippen LogP contribution in [0.25, 0.3) is 0 Å². The molecule has 11 heavy (non-hydrogen) atoms. The van der Waals surface area contributed by atoms with E-state index in [1.165, 1.54) is 25.7 Å². The Morgan fingerprint density at radius 3 is 2.64 bits per heavy atom. The summed E-state index contributed by atoms with van der Waals surface area (Å²) in [6, 6.07) is 0. The van der Waals surface area contributed by atoms with Crippen molar-refractivity contribution in [1.82, 2.24) is 5.32 Å². The largest absolute Gasteiger partial charge is 0.359 e. The van der Waals surface area contributed by atoms with E-state index in [-0.39, 0.29) is 5.72 Å². The molecule has 0 aromatic carbocycles. The molecule has 1 heterocycles. The molecule has 1 aliphatic heterocycles. The summed E-state index contributed by atoms with van der Waals surface area (Å²) in [5, 5.41) is 3.47. The topological polar surface area (TPSA) is 21.3 Å². The molecule has 0 atom stereocenters. The van der Waals surface area contributed by atoms with Crippen LogP contribution in [-0.2, 0) is 4.74 Å². The van der Waals surface area contributed by atoms with Gasteiger partial charge in [0.2, 0.25) is 0 Å². The maximum Gasteiger partial charge on any atom is 0.119 e. The molecule has 64 valence electrons. The predicted octanol–water partition coefficient (Wildman–Crippen LogP) is 1.51. The molecule has 0 aromatic rings. The smallest absolute Gasteiger partial charge is 0.119 e. The number of nitrogens with one attached hydrogen (secondary N) is 1. The van der Waals surface area contributed by atoms with Crippen molar-refractivity contribution in [3.63, 3.8) is 0 Å². The molecule has 1 saturated heterocycles. The molecule has 2 aliphatic rings. The van der Waals surface area contributed by atoms with E-state index in [4.69, 9.17) is 4.74 Å². The monoisotopic (exact) mass is 155 g/mol. The third-order valence-corrected chi connectivity index (χ3v) is 3.01. The second-order valence-electron chi connectivity index (χ2n) is 3.95. The number of rotatable bonds is 0. The zero-order chi connectivity index (χ0) is 7.73. The summed E-state index contributed by atoms with van der Waals surface area (Å²) in [6.45, 7) is 4.30. The molecule has 1 N–H and O–H groups in total. The van der Waals surface area contributed by atoms with Gasteiger partial charge in [0, 0.05) is 6.54 Å². The summed E-state index contributed by atoms with van der Waals surface area (Å²) in [6.07, 6.45) is 5.09. The Labute approximate surface area is 68.3 Å². The second kappa shape index (κ2) is 2.76. The van der Waals surface area contributed by atoms with Gasteiger partial charge in [0.25, 0.3) is 0 Å². The van der Waals surface area contributed by atoms with E-state index < -0.39 is 0 Å². The van der Waals surface area contributed by atoms with Crippen LogP contribution in [0, 0.1) is 5.92 Å². The second-order valence-corrected chi connectivity index (χ2v) is 3.95. The third kappa shape index (κ3) is 1.42. The molecule has 1 aliphatic carbocycles. The molecule has 1 spiro atoms.